The molecule has 3 atom stereocenters. The number of rotatable bonds is 8. The van der Waals surface area contributed by atoms with Gasteiger partial charge in [0.05, 0.1) is 17.5 Å². The molecule has 2 aliphatic rings. The number of allylic oxidation sites excluding steroid dienone is 1. The summed E-state index contributed by atoms with van der Waals surface area (Å²) in [4.78, 5) is 19.1. The Hall–Kier alpha value is -3.78. The first-order valence-electron chi connectivity index (χ1n) is 13.5. The molecule has 0 bridgehead atoms. The van der Waals surface area contributed by atoms with E-state index in [9.17, 15) is 21.6 Å². The molecule has 1 saturated heterocycles. The molecule has 3 aromatic rings. The lowest BCUT2D eigenvalue weighted by Crippen LogP contribution is -2.63. The van der Waals surface area contributed by atoms with Crippen LogP contribution >= 0.6 is 0 Å². The Morgan fingerprint density at radius 3 is 2.57 bits per heavy atom. The number of alkyl halides is 3. The fourth-order valence-corrected chi connectivity index (χ4v) is 6.57. The van der Waals surface area contributed by atoms with Gasteiger partial charge in [0, 0.05) is 54.1 Å². The summed E-state index contributed by atoms with van der Waals surface area (Å²) < 4.78 is 63.0. The molecule has 5 N–H and O–H groups in total. The Morgan fingerprint density at radius 1 is 1.19 bits per heavy atom. The molecule has 2 aliphatic heterocycles. The van der Waals surface area contributed by atoms with Crippen LogP contribution in [0.2, 0.25) is 0 Å². The van der Waals surface area contributed by atoms with Crippen LogP contribution < -0.4 is 21.7 Å². The minimum absolute atomic E-state index is 0.0389. The highest BCUT2D eigenvalue weighted by molar-refractivity contribution is 7.90. The van der Waals surface area contributed by atoms with E-state index in [1.165, 1.54) is 18.7 Å². The average Bonchev–Trinajstić information content (AvgIpc) is 3.41. The maximum absolute atomic E-state index is 13.2. The SMILES string of the molecule is CC(C)c1ccc(N2C[C@H](CS(C)(=O)=O)[C@H]2N)c2cnc(Nc3ccnc(C(=CN)C4=N[C@@H](C(F)(F)F)CC4)n3)cc12. The first kappa shape index (κ1) is 29.7. The van der Waals surface area contributed by atoms with Crippen LogP contribution in [0.4, 0.5) is 30.5 Å². The van der Waals surface area contributed by atoms with Crippen molar-refractivity contribution in [2.75, 3.05) is 28.8 Å². The number of halogens is 3. The van der Waals surface area contributed by atoms with E-state index in [0.29, 0.717) is 18.2 Å². The second-order valence-corrected chi connectivity index (χ2v) is 13.3. The minimum Gasteiger partial charge on any atom is -0.404 e. The van der Waals surface area contributed by atoms with Gasteiger partial charge in [0.1, 0.15) is 27.5 Å². The number of aliphatic imine (C=N–C) groups is 1. The standard InChI is InChI=1S/C28H33F3N8O2S/c1-15(2)17-4-6-22(39-13-16(26(39)33)14-42(3,40)41)20-12-35-25(10-18(17)20)37-24-8-9-34-27(38-24)19(11-32)21-5-7-23(36-21)28(29,30)31/h4,6,8-12,15-16,23,26H,5,7,13-14,32-33H2,1-3H3,(H,34,35,37,38)/t16-,23-,26+/m1/s1. The van der Waals surface area contributed by atoms with Crippen LogP contribution in [-0.4, -0.2) is 66.0 Å². The van der Waals surface area contributed by atoms with Gasteiger partial charge in [-0.2, -0.15) is 13.2 Å². The Labute approximate surface area is 242 Å². The summed E-state index contributed by atoms with van der Waals surface area (Å²) in [5.74, 6) is 1.14. The van der Waals surface area contributed by atoms with Crippen LogP contribution in [0.1, 0.15) is 44.0 Å². The Bertz CT molecular complexity index is 1670. The van der Waals surface area contributed by atoms with Crippen molar-refractivity contribution in [3.63, 3.8) is 0 Å². The lowest BCUT2D eigenvalue weighted by molar-refractivity contribution is -0.146. The zero-order valence-electron chi connectivity index (χ0n) is 23.4. The zero-order valence-corrected chi connectivity index (χ0v) is 24.2. The van der Waals surface area contributed by atoms with Crippen LogP contribution in [0.25, 0.3) is 16.3 Å². The number of pyridine rings is 1. The molecular weight excluding hydrogens is 569 g/mol. The van der Waals surface area contributed by atoms with Gasteiger partial charge in [-0.3, -0.25) is 4.99 Å². The summed E-state index contributed by atoms with van der Waals surface area (Å²) in [7, 11) is -3.14. The Morgan fingerprint density at radius 2 is 1.95 bits per heavy atom. The van der Waals surface area contributed by atoms with Crippen molar-refractivity contribution in [2.24, 2.45) is 22.4 Å². The number of aromatic nitrogens is 3. The monoisotopic (exact) mass is 602 g/mol. The minimum atomic E-state index is -4.42. The van der Waals surface area contributed by atoms with E-state index >= 15 is 0 Å². The smallest absolute Gasteiger partial charge is 0.404 e. The van der Waals surface area contributed by atoms with Gasteiger partial charge in [0.25, 0.3) is 0 Å². The van der Waals surface area contributed by atoms with Gasteiger partial charge in [0.15, 0.2) is 5.82 Å². The maximum atomic E-state index is 13.2. The molecule has 0 spiro atoms. The number of hydrogen-bond acceptors (Lipinski definition) is 10. The van der Waals surface area contributed by atoms with Crippen molar-refractivity contribution in [1.82, 2.24) is 15.0 Å². The predicted molar refractivity (Wildman–Crippen MR) is 158 cm³/mol. The molecule has 14 heteroatoms. The number of nitrogens with zero attached hydrogens (tertiary/aromatic N) is 5. The number of benzene rings is 1. The molecule has 224 valence electrons. The van der Waals surface area contributed by atoms with Crippen LogP contribution in [-0.2, 0) is 9.84 Å². The maximum Gasteiger partial charge on any atom is 0.410 e. The van der Waals surface area contributed by atoms with E-state index in [4.69, 9.17) is 11.5 Å². The van der Waals surface area contributed by atoms with Gasteiger partial charge in [0.2, 0.25) is 0 Å². The van der Waals surface area contributed by atoms with E-state index in [1.54, 1.807) is 12.3 Å². The van der Waals surface area contributed by atoms with Gasteiger partial charge >= 0.3 is 6.18 Å². The summed E-state index contributed by atoms with van der Waals surface area (Å²) in [5.41, 5.74) is 14.6. The average molecular weight is 603 g/mol. The Balaban J connectivity index is 1.42. The molecule has 1 aromatic carbocycles. The second-order valence-electron chi connectivity index (χ2n) is 11.1. The van der Waals surface area contributed by atoms with Gasteiger partial charge in [-0.25, -0.2) is 23.4 Å². The lowest BCUT2D eigenvalue weighted by Gasteiger charge is -2.47. The fourth-order valence-electron chi connectivity index (χ4n) is 5.49. The van der Waals surface area contributed by atoms with E-state index in [2.05, 4.69) is 39.1 Å². The third kappa shape index (κ3) is 6.04. The molecular formula is C28H33F3N8O2S. The molecule has 42 heavy (non-hydrogen) atoms. The predicted octanol–water partition coefficient (Wildman–Crippen LogP) is 4.12. The summed E-state index contributed by atoms with van der Waals surface area (Å²) in [5, 5.41) is 5.01. The first-order valence-corrected chi connectivity index (χ1v) is 15.6. The molecule has 0 saturated carbocycles. The number of fused-ring (bicyclic) bond motifs is 1. The van der Waals surface area contributed by atoms with Gasteiger partial charge in [-0.05, 0) is 47.9 Å². The topological polar surface area (TPSA) is 152 Å². The Kier molecular flexibility index (Phi) is 7.88. The highest BCUT2D eigenvalue weighted by atomic mass is 32.2. The number of anilines is 3. The molecule has 0 radical (unpaired) electrons. The highest BCUT2D eigenvalue weighted by Crippen LogP contribution is 2.39. The molecule has 5 rings (SSSR count). The number of nitrogens with two attached hydrogens (primary N) is 2. The number of nitrogens with one attached hydrogen (secondary N) is 1. The molecule has 10 nitrogen and oxygen atoms in total. The van der Waals surface area contributed by atoms with E-state index in [-0.39, 0.29) is 47.5 Å². The van der Waals surface area contributed by atoms with Gasteiger partial charge in [-0.15, -0.1) is 0 Å². The summed E-state index contributed by atoms with van der Waals surface area (Å²) in [6, 6.07) is 5.81. The molecule has 1 fully saturated rings. The number of hydrogen-bond donors (Lipinski definition) is 3. The molecule has 0 unspecified atom stereocenters. The van der Waals surface area contributed by atoms with Crippen LogP contribution in [0, 0.1) is 5.92 Å². The first-order chi connectivity index (χ1) is 19.7. The van der Waals surface area contributed by atoms with Crippen molar-refractivity contribution < 1.29 is 21.6 Å². The van der Waals surface area contributed by atoms with E-state index < -0.39 is 28.2 Å². The second kappa shape index (κ2) is 11.1. The van der Waals surface area contributed by atoms with Crippen LogP contribution in [0.5, 0.6) is 0 Å². The van der Waals surface area contributed by atoms with Crippen LogP contribution in [0.3, 0.4) is 0 Å². The van der Waals surface area contributed by atoms with E-state index in [0.717, 1.165) is 22.0 Å². The highest BCUT2D eigenvalue weighted by Gasteiger charge is 2.42. The van der Waals surface area contributed by atoms with Crippen molar-refractivity contribution in [2.45, 2.75) is 51.0 Å². The molecule has 2 aromatic heterocycles. The molecule has 0 amide bonds. The van der Waals surface area contributed by atoms with Crippen molar-refractivity contribution in [1.29, 1.82) is 0 Å². The third-order valence-corrected chi connectivity index (χ3v) is 8.64. The molecule has 0 aliphatic carbocycles. The summed E-state index contributed by atoms with van der Waals surface area (Å²) in [6.45, 7) is 4.71. The quantitative estimate of drug-likeness (QED) is 0.346. The largest absolute Gasteiger partial charge is 0.410 e. The summed E-state index contributed by atoms with van der Waals surface area (Å²) >= 11 is 0. The van der Waals surface area contributed by atoms with E-state index in [1.807, 2.05) is 23.1 Å². The van der Waals surface area contributed by atoms with Crippen LogP contribution in [0.15, 0.2) is 47.9 Å². The zero-order chi connectivity index (χ0) is 30.4. The van der Waals surface area contributed by atoms with Crippen molar-refractivity contribution in [3.05, 3.63) is 54.2 Å². The van der Waals surface area contributed by atoms with Crippen molar-refractivity contribution in [3.8, 4) is 0 Å². The normalized spacial score (nSPS) is 21.5. The third-order valence-electron chi connectivity index (χ3n) is 7.61. The van der Waals surface area contributed by atoms with Gasteiger partial charge in [-0.1, -0.05) is 19.9 Å². The summed E-state index contributed by atoms with van der Waals surface area (Å²) in [6.07, 6.45) is 0.767. The number of sulfone groups is 1. The molecule has 4 heterocycles. The van der Waals surface area contributed by atoms with Crippen molar-refractivity contribution >= 4 is 49.2 Å². The lowest BCUT2D eigenvalue weighted by atomic mass is 9.92. The van der Waals surface area contributed by atoms with Gasteiger partial charge < -0.3 is 21.7 Å². The fraction of sp³-hybridized carbons (Fsp3) is 0.429.